The summed E-state index contributed by atoms with van der Waals surface area (Å²) in [4.78, 5) is 0. The van der Waals surface area contributed by atoms with E-state index in [0.717, 1.165) is 0 Å². The first-order chi connectivity index (χ1) is 5.90. The molecular formula is C6H12O5S. The summed E-state index contributed by atoms with van der Waals surface area (Å²) in [6, 6.07) is 0. The Hall–Kier alpha value is 0.150. The van der Waals surface area contributed by atoms with Crippen molar-refractivity contribution >= 4 is 12.6 Å². The predicted octanol–water partition coefficient (Wildman–Crippen LogP) is -2.28. The Morgan fingerprint density at radius 1 is 1.25 bits per heavy atom. The lowest BCUT2D eigenvalue weighted by Crippen LogP contribution is -2.56. The van der Waals surface area contributed by atoms with E-state index in [0.29, 0.717) is 0 Å². The van der Waals surface area contributed by atoms with Crippen molar-refractivity contribution in [3.05, 3.63) is 0 Å². The van der Waals surface area contributed by atoms with Crippen LogP contribution in [0.2, 0.25) is 0 Å². The van der Waals surface area contributed by atoms with Gasteiger partial charge in [-0.2, -0.15) is 0 Å². The lowest BCUT2D eigenvalue weighted by Gasteiger charge is -2.37. The minimum Gasteiger partial charge on any atom is -0.394 e. The molecule has 1 fully saturated rings. The average Bonchev–Trinajstić information content (AvgIpc) is 2.08. The maximum absolute atomic E-state index is 9.23. The molecule has 1 heterocycles. The molecule has 0 bridgehead atoms. The maximum Gasteiger partial charge on any atom is 0.129 e. The van der Waals surface area contributed by atoms with E-state index in [1.165, 1.54) is 0 Å². The molecule has 0 spiro atoms. The van der Waals surface area contributed by atoms with Crippen LogP contribution in [0.1, 0.15) is 1.37 Å². The highest BCUT2D eigenvalue weighted by atomic mass is 32.1. The van der Waals surface area contributed by atoms with Crippen molar-refractivity contribution in [1.29, 1.82) is 0 Å². The zero-order valence-electron chi connectivity index (χ0n) is 7.16. The second kappa shape index (κ2) is 3.91. The molecule has 1 saturated heterocycles. The molecule has 72 valence electrons. The summed E-state index contributed by atoms with van der Waals surface area (Å²) in [6.45, 7) is -0.549. The third-order valence-corrected chi connectivity index (χ3v) is 2.13. The van der Waals surface area contributed by atoms with Crippen molar-refractivity contribution in [2.45, 2.75) is 29.8 Å². The Kier molecular flexibility index (Phi) is 2.84. The average molecular weight is 197 g/mol. The number of aliphatic hydroxyl groups excluding tert-OH is 4. The molecule has 4 N–H and O–H groups in total. The van der Waals surface area contributed by atoms with Crippen LogP contribution in [0.3, 0.4) is 0 Å². The number of hydrogen-bond acceptors (Lipinski definition) is 6. The molecule has 5 nitrogen and oxygen atoms in total. The number of thiol groups is 1. The van der Waals surface area contributed by atoms with Crippen molar-refractivity contribution in [2.75, 3.05) is 6.61 Å². The fourth-order valence-electron chi connectivity index (χ4n) is 0.993. The molecule has 12 heavy (non-hydrogen) atoms. The van der Waals surface area contributed by atoms with Gasteiger partial charge in [-0.1, -0.05) is 0 Å². The van der Waals surface area contributed by atoms with E-state index in [2.05, 4.69) is 12.6 Å². The smallest absolute Gasteiger partial charge is 0.129 e. The van der Waals surface area contributed by atoms with Crippen LogP contribution in [0.25, 0.3) is 0 Å². The lowest BCUT2D eigenvalue weighted by atomic mass is 10.0. The van der Waals surface area contributed by atoms with E-state index < -0.39 is 36.4 Å². The lowest BCUT2D eigenvalue weighted by molar-refractivity contribution is -0.205. The molecule has 1 aliphatic rings. The maximum atomic E-state index is 9.23. The van der Waals surface area contributed by atoms with Crippen LogP contribution < -0.4 is 0 Å². The Bertz CT molecular complexity index is 188. The molecule has 0 aromatic rings. The third-order valence-electron chi connectivity index (χ3n) is 1.76. The van der Waals surface area contributed by atoms with Crippen LogP contribution in [0, 0.1) is 0 Å². The quantitative estimate of drug-likeness (QED) is 0.305. The van der Waals surface area contributed by atoms with Gasteiger partial charge in [0.2, 0.25) is 0 Å². The summed E-state index contributed by atoms with van der Waals surface area (Å²) in [7, 11) is 0. The van der Waals surface area contributed by atoms with Gasteiger partial charge < -0.3 is 25.2 Å². The zero-order chi connectivity index (χ0) is 10.2. The van der Waals surface area contributed by atoms with Gasteiger partial charge in [0.25, 0.3) is 0 Å². The third kappa shape index (κ3) is 1.73. The molecule has 0 aromatic heterocycles. The first-order valence-electron chi connectivity index (χ1n) is 3.95. The highest BCUT2D eigenvalue weighted by molar-refractivity contribution is 7.80. The Morgan fingerprint density at radius 2 is 1.83 bits per heavy atom. The molecule has 0 aliphatic carbocycles. The molecule has 1 unspecified atom stereocenters. The summed E-state index contributed by atoms with van der Waals surface area (Å²) in [6.07, 6.45) is -5.67. The number of hydrogen-bond donors (Lipinski definition) is 5. The van der Waals surface area contributed by atoms with Gasteiger partial charge in [-0.3, -0.25) is 0 Å². The Balaban J connectivity index is 2.79. The summed E-state index contributed by atoms with van der Waals surface area (Å²) < 4.78 is 12.0. The standard InChI is InChI=1S/C6H12O5S/c7-1-2-3(8)4(9)5(10)6(12)11-2/h2-10,12H,1H2/t2-,3+,4+,5-,6?/m1/s1/i6D. The van der Waals surface area contributed by atoms with Crippen LogP contribution in [0.15, 0.2) is 0 Å². The first-order valence-corrected chi connectivity index (χ1v) is 3.90. The van der Waals surface area contributed by atoms with Crippen LogP contribution >= 0.6 is 12.6 Å². The van der Waals surface area contributed by atoms with E-state index >= 15 is 0 Å². The van der Waals surface area contributed by atoms with Gasteiger partial charge in [0.05, 0.1) is 7.98 Å². The normalized spacial score (nSPS) is 56.6. The summed E-state index contributed by atoms with van der Waals surface area (Å²) in [5.41, 5.74) is -2.01. The number of aliphatic hydroxyl groups is 4. The fourth-order valence-corrected chi connectivity index (χ4v) is 1.28. The molecule has 0 saturated carbocycles. The fraction of sp³-hybridized carbons (Fsp3) is 1.00. The highest BCUT2D eigenvalue weighted by Gasteiger charge is 2.41. The Labute approximate surface area is 76.4 Å². The highest BCUT2D eigenvalue weighted by Crippen LogP contribution is 2.22. The molecule has 6 heteroatoms. The predicted molar refractivity (Wildman–Crippen MR) is 42.8 cm³/mol. The molecule has 0 amide bonds. The molecule has 0 radical (unpaired) electrons. The van der Waals surface area contributed by atoms with E-state index in [-0.39, 0.29) is 0 Å². The molecule has 5 atom stereocenters. The molecular weight excluding hydrogens is 184 g/mol. The van der Waals surface area contributed by atoms with Crippen LogP contribution in [-0.2, 0) is 4.74 Å². The monoisotopic (exact) mass is 197 g/mol. The first kappa shape index (κ1) is 8.74. The van der Waals surface area contributed by atoms with E-state index in [1.54, 1.807) is 0 Å². The Morgan fingerprint density at radius 3 is 2.33 bits per heavy atom. The second-order valence-corrected chi connectivity index (χ2v) is 3.04. The van der Waals surface area contributed by atoms with E-state index in [4.69, 9.17) is 11.2 Å². The van der Waals surface area contributed by atoms with Crippen molar-refractivity contribution in [2.24, 2.45) is 0 Å². The van der Waals surface area contributed by atoms with Crippen LogP contribution in [0.4, 0.5) is 0 Å². The number of ether oxygens (including phenoxy) is 1. The van der Waals surface area contributed by atoms with Crippen molar-refractivity contribution in [3.63, 3.8) is 0 Å². The second-order valence-electron chi connectivity index (χ2n) is 2.60. The van der Waals surface area contributed by atoms with Gasteiger partial charge in [-0.05, 0) is 0 Å². The summed E-state index contributed by atoms with van der Waals surface area (Å²) in [5, 5.41) is 36.4. The summed E-state index contributed by atoms with van der Waals surface area (Å²) in [5.74, 6) is 0. The molecule has 0 aromatic carbocycles. The van der Waals surface area contributed by atoms with Gasteiger partial charge >= 0.3 is 0 Å². The SMILES string of the molecule is [2H]C1(S)O[C@H](CO)[C@H](O)[C@H](O)[C@H]1O. The van der Waals surface area contributed by atoms with Crippen molar-refractivity contribution in [1.82, 2.24) is 0 Å². The minimum atomic E-state index is -2.01. The van der Waals surface area contributed by atoms with Gasteiger partial charge in [0, 0.05) is 0 Å². The van der Waals surface area contributed by atoms with Crippen LogP contribution in [-0.4, -0.2) is 56.9 Å². The van der Waals surface area contributed by atoms with E-state index in [1.807, 2.05) is 0 Å². The van der Waals surface area contributed by atoms with E-state index in [9.17, 15) is 15.3 Å². The topological polar surface area (TPSA) is 90.2 Å². The van der Waals surface area contributed by atoms with Gasteiger partial charge in [0.15, 0.2) is 0 Å². The van der Waals surface area contributed by atoms with Crippen LogP contribution in [0.5, 0.6) is 0 Å². The molecule has 1 aliphatic heterocycles. The van der Waals surface area contributed by atoms with Crippen molar-refractivity contribution < 1.29 is 26.5 Å². The van der Waals surface area contributed by atoms with Crippen molar-refractivity contribution in [3.8, 4) is 0 Å². The largest absolute Gasteiger partial charge is 0.394 e. The number of rotatable bonds is 1. The zero-order valence-corrected chi connectivity index (χ0v) is 7.06. The van der Waals surface area contributed by atoms with Gasteiger partial charge in [-0.25, -0.2) is 0 Å². The molecule has 1 rings (SSSR count). The van der Waals surface area contributed by atoms with Gasteiger partial charge in [-0.15, -0.1) is 12.6 Å². The van der Waals surface area contributed by atoms with Gasteiger partial charge in [0.1, 0.15) is 29.8 Å². The minimum absolute atomic E-state index is 0.549. The summed E-state index contributed by atoms with van der Waals surface area (Å²) >= 11 is 3.64.